The van der Waals surface area contributed by atoms with Crippen LogP contribution in [0.25, 0.3) is 0 Å². The molecular weight excluding hydrogens is 260 g/mol. The van der Waals surface area contributed by atoms with Crippen molar-refractivity contribution in [3.63, 3.8) is 0 Å². The van der Waals surface area contributed by atoms with E-state index in [1.807, 2.05) is 13.8 Å². The summed E-state index contributed by atoms with van der Waals surface area (Å²) in [6, 6.07) is 10.2. The predicted octanol–water partition coefficient (Wildman–Crippen LogP) is 4.43. The maximum Gasteiger partial charge on any atom is 0.135 e. The van der Waals surface area contributed by atoms with E-state index in [0.29, 0.717) is 17.1 Å². The van der Waals surface area contributed by atoms with Crippen LogP contribution in [0.5, 0.6) is 11.5 Å². The number of ether oxygens (including phenoxy) is 1. The highest BCUT2D eigenvalue weighted by Gasteiger charge is 2.16. The van der Waals surface area contributed by atoms with Gasteiger partial charge in [0.15, 0.2) is 0 Å². The molecule has 1 atom stereocenters. The van der Waals surface area contributed by atoms with E-state index < -0.39 is 0 Å². The van der Waals surface area contributed by atoms with Gasteiger partial charge in [-0.15, -0.1) is 0 Å². The van der Waals surface area contributed by atoms with Crippen LogP contribution in [-0.4, -0.2) is 6.54 Å². The minimum Gasteiger partial charge on any atom is -0.457 e. The Morgan fingerprint density at radius 3 is 2.45 bits per heavy atom. The molecule has 0 heterocycles. The molecule has 0 amide bonds. The Balaban J connectivity index is 2.31. The molecule has 0 saturated carbocycles. The molecule has 0 aromatic heterocycles. The van der Waals surface area contributed by atoms with Gasteiger partial charge in [-0.3, -0.25) is 0 Å². The highest BCUT2D eigenvalue weighted by atomic mass is 19.1. The van der Waals surface area contributed by atoms with Gasteiger partial charge in [-0.1, -0.05) is 13.0 Å². The summed E-state index contributed by atoms with van der Waals surface area (Å²) in [6.45, 7) is 4.56. The Morgan fingerprint density at radius 2 is 1.80 bits per heavy atom. The summed E-state index contributed by atoms with van der Waals surface area (Å²) in [6.07, 6.45) is 0. The number of halogens is 2. The largest absolute Gasteiger partial charge is 0.457 e. The lowest BCUT2D eigenvalue weighted by atomic mass is 10.1. The van der Waals surface area contributed by atoms with Crippen LogP contribution in [0.2, 0.25) is 0 Å². The summed E-state index contributed by atoms with van der Waals surface area (Å²) in [5.41, 5.74) is 0.471. The smallest absolute Gasteiger partial charge is 0.135 e. The second-order valence-corrected chi connectivity index (χ2v) is 4.49. The van der Waals surface area contributed by atoms with Crippen LogP contribution in [-0.2, 0) is 0 Å². The molecule has 0 aliphatic heterocycles. The minimum atomic E-state index is -0.335. The van der Waals surface area contributed by atoms with Gasteiger partial charge in [0.2, 0.25) is 0 Å². The molecule has 0 aliphatic rings. The fourth-order valence-electron chi connectivity index (χ4n) is 2.06. The third-order valence-corrected chi connectivity index (χ3v) is 3.00. The minimum absolute atomic E-state index is 0.170. The van der Waals surface area contributed by atoms with Crippen molar-refractivity contribution in [1.82, 2.24) is 5.32 Å². The average molecular weight is 277 g/mol. The van der Waals surface area contributed by atoms with E-state index in [0.717, 1.165) is 6.54 Å². The van der Waals surface area contributed by atoms with E-state index >= 15 is 0 Å². The van der Waals surface area contributed by atoms with Crippen molar-refractivity contribution in [2.24, 2.45) is 0 Å². The van der Waals surface area contributed by atoms with Crippen LogP contribution < -0.4 is 10.1 Å². The van der Waals surface area contributed by atoms with Gasteiger partial charge in [0.1, 0.15) is 23.1 Å². The molecule has 4 heteroatoms. The molecule has 106 valence electrons. The summed E-state index contributed by atoms with van der Waals surface area (Å²) in [5.74, 6) is 0.253. The second kappa shape index (κ2) is 6.48. The lowest BCUT2D eigenvalue weighted by Crippen LogP contribution is -2.19. The number of nitrogens with one attached hydrogen (secondary N) is 1. The molecule has 0 aliphatic carbocycles. The molecule has 2 aromatic carbocycles. The number of benzene rings is 2. The topological polar surface area (TPSA) is 21.3 Å². The third kappa shape index (κ3) is 3.33. The molecule has 2 rings (SSSR count). The van der Waals surface area contributed by atoms with E-state index in [2.05, 4.69) is 5.32 Å². The molecule has 20 heavy (non-hydrogen) atoms. The summed E-state index contributed by atoms with van der Waals surface area (Å²) in [7, 11) is 0. The molecule has 0 radical (unpaired) electrons. The lowest BCUT2D eigenvalue weighted by Gasteiger charge is -2.18. The molecule has 1 N–H and O–H groups in total. The normalized spacial score (nSPS) is 12.2. The quantitative estimate of drug-likeness (QED) is 0.873. The zero-order chi connectivity index (χ0) is 14.5. The molecular formula is C16H17F2NO. The Kier molecular flexibility index (Phi) is 4.69. The zero-order valence-corrected chi connectivity index (χ0v) is 11.5. The van der Waals surface area contributed by atoms with Gasteiger partial charge >= 0.3 is 0 Å². The van der Waals surface area contributed by atoms with Crippen molar-refractivity contribution in [2.75, 3.05) is 6.54 Å². The van der Waals surface area contributed by atoms with E-state index in [-0.39, 0.29) is 17.7 Å². The third-order valence-electron chi connectivity index (χ3n) is 3.00. The fraction of sp³-hybridized carbons (Fsp3) is 0.250. The van der Waals surface area contributed by atoms with Crippen molar-refractivity contribution in [3.05, 3.63) is 59.7 Å². The molecule has 1 unspecified atom stereocenters. The molecule has 2 aromatic rings. The van der Waals surface area contributed by atoms with E-state index in [4.69, 9.17) is 4.74 Å². The molecule has 0 fully saturated rings. The maximum absolute atomic E-state index is 14.0. The van der Waals surface area contributed by atoms with Crippen molar-refractivity contribution >= 4 is 0 Å². The van der Waals surface area contributed by atoms with Gasteiger partial charge in [0.25, 0.3) is 0 Å². The predicted molar refractivity (Wildman–Crippen MR) is 75.0 cm³/mol. The summed E-state index contributed by atoms with van der Waals surface area (Å²) >= 11 is 0. The van der Waals surface area contributed by atoms with Crippen LogP contribution in [0.15, 0.2) is 42.5 Å². The highest BCUT2D eigenvalue weighted by molar-refractivity contribution is 5.40. The van der Waals surface area contributed by atoms with Crippen molar-refractivity contribution < 1.29 is 13.5 Å². The molecule has 0 saturated heterocycles. The molecule has 2 nitrogen and oxygen atoms in total. The fourth-order valence-corrected chi connectivity index (χ4v) is 2.06. The standard InChI is InChI=1S/C16H17F2NO/c1-3-19-11(2)16-14(18)5-4-6-15(16)20-13-9-7-12(17)8-10-13/h4-11,19H,3H2,1-2H3. The Bertz CT molecular complexity index is 569. The maximum atomic E-state index is 14.0. The Hall–Kier alpha value is -1.94. The van der Waals surface area contributed by atoms with Crippen molar-refractivity contribution in [1.29, 1.82) is 0 Å². The first-order valence-corrected chi connectivity index (χ1v) is 6.57. The van der Waals surface area contributed by atoms with Crippen molar-refractivity contribution in [3.8, 4) is 11.5 Å². The van der Waals surface area contributed by atoms with Gasteiger partial charge in [-0.2, -0.15) is 0 Å². The van der Waals surface area contributed by atoms with Gasteiger partial charge in [-0.25, -0.2) is 8.78 Å². The zero-order valence-electron chi connectivity index (χ0n) is 11.5. The van der Waals surface area contributed by atoms with Gasteiger partial charge in [0, 0.05) is 11.6 Å². The second-order valence-electron chi connectivity index (χ2n) is 4.49. The monoisotopic (exact) mass is 277 g/mol. The van der Waals surface area contributed by atoms with E-state index in [1.165, 1.54) is 30.3 Å². The van der Waals surface area contributed by atoms with Crippen LogP contribution in [0.4, 0.5) is 8.78 Å². The van der Waals surface area contributed by atoms with Gasteiger partial charge < -0.3 is 10.1 Å². The van der Waals surface area contributed by atoms with E-state index in [9.17, 15) is 8.78 Å². The molecule has 0 bridgehead atoms. The van der Waals surface area contributed by atoms with Crippen molar-refractivity contribution in [2.45, 2.75) is 19.9 Å². The van der Waals surface area contributed by atoms with E-state index in [1.54, 1.807) is 12.1 Å². The Labute approximate surface area is 117 Å². The van der Waals surface area contributed by atoms with Crippen LogP contribution in [0.1, 0.15) is 25.5 Å². The SMILES string of the molecule is CCNC(C)c1c(F)cccc1Oc1ccc(F)cc1. The summed E-state index contributed by atoms with van der Waals surface area (Å²) in [5, 5.41) is 3.16. The highest BCUT2D eigenvalue weighted by Crippen LogP contribution is 2.31. The van der Waals surface area contributed by atoms with Crippen LogP contribution in [0.3, 0.4) is 0 Å². The first-order chi connectivity index (χ1) is 9.61. The van der Waals surface area contributed by atoms with Crippen LogP contribution >= 0.6 is 0 Å². The van der Waals surface area contributed by atoms with Gasteiger partial charge in [0.05, 0.1) is 0 Å². The summed E-state index contributed by atoms with van der Waals surface area (Å²) in [4.78, 5) is 0. The first-order valence-electron chi connectivity index (χ1n) is 6.57. The number of rotatable bonds is 5. The Morgan fingerprint density at radius 1 is 1.10 bits per heavy atom. The summed E-state index contributed by atoms with van der Waals surface area (Å²) < 4.78 is 32.5. The number of hydrogen-bond acceptors (Lipinski definition) is 2. The lowest BCUT2D eigenvalue weighted by molar-refractivity contribution is 0.447. The first kappa shape index (κ1) is 14.5. The van der Waals surface area contributed by atoms with Gasteiger partial charge in [-0.05, 0) is 49.9 Å². The average Bonchev–Trinajstić information content (AvgIpc) is 2.42. The number of hydrogen-bond donors (Lipinski definition) is 1. The van der Waals surface area contributed by atoms with Crippen LogP contribution in [0, 0.1) is 11.6 Å². The molecule has 0 spiro atoms.